The number of ether oxygens (including phenoxy) is 1. The molecule has 0 radical (unpaired) electrons. The van der Waals surface area contributed by atoms with Crippen LogP contribution < -0.4 is 5.32 Å². The number of methoxy groups -OCH3 is 1. The number of hydrogen-bond acceptors (Lipinski definition) is 5. The van der Waals surface area contributed by atoms with E-state index in [1.165, 1.54) is 10.4 Å². The van der Waals surface area contributed by atoms with Crippen LogP contribution in [0.3, 0.4) is 0 Å². The number of carbonyl (C=O) groups excluding carboxylic acids is 2. The van der Waals surface area contributed by atoms with E-state index in [-0.39, 0.29) is 22.6 Å². The van der Waals surface area contributed by atoms with Gasteiger partial charge in [-0.2, -0.15) is 4.31 Å². The van der Waals surface area contributed by atoms with E-state index >= 15 is 0 Å². The van der Waals surface area contributed by atoms with Crippen molar-refractivity contribution in [3.05, 3.63) is 29.3 Å². The van der Waals surface area contributed by atoms with Crippen LogP contribution in [0.1, 0.15) is 49.0 Å². The number of amides is 2. The maximum atomic E-state index is 13.1. The summed E-state index contributed by atoms with van der Waals surface area (Å²) in [6.45, 7) is 8.27. The lowest BCUT2D eigenvalue weighted by atomic mass is 9.95. The van der Waals surface area contributed by atoms with E-state index in [0.717, 1.165) is 12.0 Å². The Hall–Kier alpha value is -1.97. The predicted molar refractivity (Wildman–Crippen MR) is 119 cm³/mol. The second-order valence-electron chi connectivity index (χ2n) is 7.77. The van der Waals surface area contributed by atoms with Gasteiger partial charge in [0.1, 0.15) is 0 Å². The minimum atomic E-state index is -3.64. The van der Waals surface area contributed by atoms with Crippen LogP contribution in [0, 0.1) is 12.8 Å². The van der Waals surface area contributed by atoms with E-state index in [0.29, 0.717) is 57.7 Å². The number of sulfonamides is 1. The summed E-state index contributed by atoms with van der Waals surface area (Å²) in [4.78, 5) is 27.3. The lowest BCUT2D eigenvalue weighted by Gasteiger charge is -2.32. The van der Waals surface area contributed by atoms with Crippen molar-refractivity contribution in [1.29, 1.82) is 0 Å². The molecule has 0 bridgehead atoms. The van der Waals surface area contributed by atoms with E-state index in [1.54, 1.807) is 44.9 Å². The Morgan fingerprint density at radius 1 is 1.19 bits per heavy atom. The van der Waals surface area contributed by atoms with E-state index < -0.39 is 10.0 Å². The van der Waals surface area contributed by atoms with Crippen LogP contribution in [0.4, 0.5) is 0 Å². The van der Waals surface area contributed by atoms with E-state index in [4.69, 9.17) is 4.74 Å². The fraction of sp³-hybridized carbons (Fsp3) is 0.636. The summed E-state index contributed by atoms with van der Waals surface area (Å²) >= 11 is 0. The number of carbonyl (C=O) groups is 2. The maximum absolute atomic E-state index is 13.1. The van der Waals surface area contributed by atoms with Crippen LogP contribution >= 0.6 is 0 Å². The highest BCUT2D eigenvalue weighted by Crippen LogP contribution is 2.24. The van der Waals surface area contributed by atoms with Crippen molar-refractivity contribution in [2.75, 3.05) is 46.4 Å². The molecular weight excluding hydrogens is 418 g/mol. The van der Waals surface area contributed by atoms with Crippen molar-refractivity contribution < 1.29 is 22.7 Å². The summed E-state index contributed by atoms with van der Waals surface area (Å²) in [6, 6.07) is 4.73. The zero-order valence-corrected chi connectivity index (χ0v) is 19.8. The third-order valence-corrected chi connectivity index (χ3v) is 7.81. The predicted octanol–water partition coefficient (Wildman–Crippen LogP) is 2.03. The molecule has 1 aliphatic heterocycles. The minimum Gasteiger partial charge on any atom is -0.385 e. The average Bonchev–Trinajstić information content (AvgIpc) is 2.77. The third-order valence-electron chi connectivity index (χ3n) is 5.76. The molecule has 2 rings (SSSR count). The number of benzene rings is 1. The molecule has 0 unspecified atom stereocenters. The number of rotatable bonds is 10. The van der Waals surface area contributed by atoms with Crippen molar-refractivity contribution in [3.63, 3.8) is 0 Å². The number of hydrogen-bond donors (Lipinski definition) is 1. The first-order chi connectivity index (χ1) is 14.8. The van der Waals surface area contributed by atoms with Crippen molar-refractivity contribution >= 4 is 21.8 Å². The fourth-order valence-electron chi connectivity index (χ4n) is 3.79. The Balaban J connectivity index is 2.05. The number of aryl methyl sites for hydroxylation is 1. The molecular formula is C22H35N3O5S. The smallest absolute Gasteiger partial charge is 0.254 e. The molecule has 174 valence electrons. The van der Waals surface area contributed by atoms with Crippen LogP contribution in [0.2, 0.25) is 0 Å². The van der Waals surface area contributed by atoms with Gasteiger partial charge in [0, 0.05) is 57.9 Å². The molecule has 1 fully saturated rings. The fourth-order valence-corrected chi connectivity index (χ4v) is 5.28. The quantitative estimate of drug-likeness (QED) is 0.547. The molecule has 1 aromatic carbocycles. The molecule has 8 nitrogen and oxygen atoms in total. The standard InChI is InChI=1S/C22H35N3O5S/c1-5-25(6-2)31(28,29)19-9-8-17(3)20(16-19)22(27)24-13-10-18(11-14-24)21(26)23-12-7-15-30-4/h8-9,16,18H,5-7,10-15H2,1-4H3,(H,23,26). The summed E-state index contributed by atoms with van der Waals surface area (Å²) in [6.07, 6.45) is 1.96. The van der Waals surface area contributed by atoms with E-state index in [1.807, 2.05) is 0 Å². The topological polar surface area (TPSA) is 96.0 Å². The van der Waals surface area contributed by atoms with Gasteiger partial charge in [-0.25, -0.2) is 8.42 Å². The van der Waals surface area contributed by atoms with Crippen molar-refractivity contribution in [2.24, 2.45) is 5.92 Å². The molecule has 0 aliphatic carbocycles. The number of nitrogens with zero attached hydrogens (tertiary/aromatic N) is 2. The first-order valence-corrected chi connectivity index (χ1v) is 12.4. The SMILES string of the molecule is CCN(CC)S(=O)(=O)c1ccc(C)c(C(=O)N2CCC(C(=O)NCCCOC)CC2)c1. The molecule has 1 saturated heterocycles. The largest absolute Gasteiger partial charge is 0.385 e. The second kappa shape index (κ2) is 11.6. The van der Waals surface area contributed by atoms with Crippen molar-refractivity contribution in [3.8, 4) is 0 Å². The first kappa shape index (κ1) is 25.3. The van der Waals surface area contributed by atoms with Gasteiger partial charge in [-0.15, -0.1) is 0 Å². The Kier molecular flexibility index (Phi) is 9.46. The number of likely N-dealkylation sites (tertiary alicyclic amines) is 1. The van der Waals surface area contributed by atoms with Gasteiger partial charge in [-0.05, 0) is 43.9 Å². The van der Waals surface area contributed by atoms with Gasteiger partial charge < -0.3 is 15.0 Å². The van der Waals surface area contributed by atoms with E-state index in [9.17, 15) is 18.0 Å². The first-order valence-electron chi connectivity index (χ1n) is 10.9. The van der Waals surface area contributed by atoms with Crippen LogP contribution in [0.25, 0.3) is 0 Å². The van der Waals surface area contributed by atoms with Gasteiger partial charge in [0.25, 0.3) is 5.91 Å². The summed E-state index contributed by atoms with van der Waals surface area (Å²) in [5, 5.41) is 2.92. The average molecular weight is 454 g/mol. The molecule has 1 N–H and O–H groups in total. The monoisotopic (exact) mass is 453 g/mol. The molecule has 0 saturated carbocycles. The normalized spacial score (nSPS) is 15.3. The van der Waals surface area contributed by atoms with E-state index in [2.05, 4.69) is 5.32 Å². The zero-order chi connectivity index (χ0) is 23.0. The highest BCUT2D eigenvalue weighted by molar-refractivity contribution is 7.89. The van der Waals surface area contributed by atoms with Crippen LogP contribution in [0.5, 0.6) is 0 Å². The van der Waals surface area contributed by atoms with Crippen molar-refractivity contribution in [2.45, 2.75) is 44.9 Å². The summed E-state index contributed by atoms with van der Waals surface area (Å²) in [5.74, 6) is -0.276. The Labute approximate surface area is 186 Å². The highest BCUT2D eigenvalue weighted by atomic mass is 32.2. The molecule has 0 aromatic heterocycles. The summed E-state index contributed by atoms with van der Waals surface area (Å²) in [7, 11) is -2.01. The van der Waals surface area contributed by atoms with Gasteiger partial charge in [0.2, 0.25) is 15.9 Å². The highest BCUT2D eigenvalue weighted by Gasteiger charge is 2.29. The summed E-state index contributed by atoms with van der Waals surface area (Å²) < 4.78 is 32.1. The minimum absolute atomic E-state index is 0.0201. The maximum Gasteiger partial charge on any atom is 0.254 e. The molecule has 0 spiro atoms. The Morgan fingerprint density at radius 2 is 1.84 bits per heavy atom. The van der Waals surface area contributed by atoms with Crippen LogP contribution in [-0.4, -0.2) is 75.9 Å². The number of piperidine rings is 1. The molecule has 1 aromatic rings. The van der Waals surface area contributed by atoms with Gasteiger partial charge in [0.15, 0.2) is 0 Å². The zero-order valence-electron chi connectivity index (χ0n) is 19.0. The van der Waals surface area contributed by atoms with Gasteiger partial charge in [0.05, 0.1) is 4.90 Å². The van der Waals surface area contributed by atoms with Gasteiger partial charge in [-0.1, -0.05) is 19.9 Å². The van der Waals surface area contributed by atoms with Gasteiger partial charge >= 0.3 is 0 Å². The molecule has 9 heteroatoms. The van der Waals surface area contributed by atoms with Crippen molar-refractivity contribution in [1.82, 2.24) is 14.5 Å². The second-order valence-corrected chi connectivity index (χ2v) is 9.71. The number of nitrogens with one attached hydrogen (secondary N) is 1. The van der Waals surface area contributed by atoms with Gasteiger partial charge in [-0.3, -0.25) is 9.59 Å². The Bertz CT molecular complexity index is 860. The third kappa shape index (κ3) is 6.27. The Morgan fingerprint density at radius 3 is 2.42 bits per heavy atom. The van der Waals surface area contributed by atoms with Crippen LogP contribution in [-0.2, 0) is 19.6 Å². The lowest BCUT2D eigenvalue weighted by Crippen LogP contribution is -2.43. The molecule has 31 heavy (non-hydrogen) atoms. The molecule has 2 amide bonds. The molecule has 0 atom stereocenters. The molecule has 1 heterocycles. The van der Waals surface area contributed by atoms with Crippen LogP contribution in [0.15, 0.2) is 23.1 Å². The lowest BCUT2D eigenvalue weighted by molar-refractivity contribution is -0.126. The molecule has 1 aliphatic rings. The summed E-state index contributed by atoms with van der Waals surface area (Å²) in [5.41, 5.74) is 1.14.